The number of aliphatic hydroxyl groups is 4. The Morgan fingerprint density at radius 3 is 2.32 bits per heavy atom. The van der Waals surface area contributed by atoms with Gasteiger partial charge in [-0.2, -0.15) is 8.42 Å². The van der Waals surface area contributed by atoms with Gasteiger partial charge in [-0.05, 0) is 0 Å². The summed E-state index contributed by atoms with van der Waals surface area (Å²) >= 11 is 0.742. The average molecular weight is 361 g/mol. The highest BCUT2D eigenvalue weighted by atomic mass is 32.3. The third kappa shape index (κ3) is 5.31. The molecule has 0 amide bonds. The Balaban J connectivity index is 2.88. The van der Waals surface area contributed by atoms with Crippen LogP contribution in [0.15, 0.2) is 5.16 Å². The summed E-state index contributed by atoms with van der Waals surface area (Å²) in [7, 11) is -4.78. The topological polar surface area (TPSA) is 166 Å². The summed E-state index contributed by atoms with van der Waals surface area (Å²) in [4.78, 5) is 0. The predicted molar refractivity (Wildman–Crippen MR) is 76.3 cm³/mol. The minimum absolute atomic E-state index is 0.0574. The fraction of sp³-hybridized carbons (Fsp3) is 0.900. The van der Waals surface area contributed by atoms with Gasteiger partial charge in [0.2, 0.25) is 0 Å². The van der Waals surface area contributed by atoms with Gasteiger partial charge in [0.1, 0.15) is 34.9 Å². The lowest BCUT2D eigenvalue weighted by Gasteiger charge is -2.39. The lowest BCUT2D eigenvalue weighted by molar-refractivity contribution is -0.205. The molecule has 0 bridgehead atoms. The fourth-order valence-corrected chi connectivity index (χ4v) is 2.94. The number of ether oxygens (including phenoxy) is 1. The molecule has 1 fully saturated rings. The Bertz CT molecular complexity index is 493. The zero-order valence-electron chi connectivity index (χ0n) is 11.8. The van der Waals surface area contributed by atoms with Gasteiger partial charge in [-0.3, -0.25) is 4.55 Å². The summed E-state index contributed by atoms with van der Waals surface area (Å²) < 4.78 is 38.8. The zero-order chi connectivity index (χ0) is 17.1. The van der Waals surface area contributed by atoms with E-state index < -0.39 is 46.9 Å². The van der Waals surface area contributed by atoms with Gasteiger partial charge >= 0.3 is 10.4 Å². The Morgan fingerprint density at radius 1 is 1.27 bits per heavy atom. The van der Waals surface area contributed by atoms with Crippen molar-refractivity contribution < 1.29 is 42.4 Å². The molecule has 0 unspecified atom stereocenters. The molecule has 1 rings (SSSR count). The first kappa shape index (κ1) is 19.6. The van der Waals surface area contributed by atoms with Gasteiger partial charge in [-0.1, -0.05) is 30.8 Å². The van der Waals surface area contributed by atoms with E-state index in [0.29, 0.717) is 0 Å². The number of nitrogens with zero attached hydrogens (tertiary/aromatic N) is 1. The molecule has 0 aromatic rings. The second-order valence-electron chi connectivity index (χ2n) is 4.90. The Hall–Kier alpha value is -0.470. The van der Waals surface area contributed by atoms with Gasteiger partial charge in [0.05, 0.1) is 6.61 Å². The first-order valence-electron chi connectivity index (χ1n) is 6.28. The molecule has 0 spiro atoms. The molecule has 10 nitrogen and oxygen atoms in total. The van der Waals surface area contributed by atoms with Crippen LogP contribution in [0.2, 0.25) is 0 Å². The monoisotopic (exact) mass is 361 g/mol. The third-order valence-corrected chi connectivity index (χ3v) is 4.47. The molecule has 0 radical (unpaired) electrons. The largest absolute Gasteiger partial charge is 0.466 e. The van der Waals surface area contributed by atoms with Crippen LogP contribution in [0.25, 0.3) is 0 Å². The maximum Gasteiger partial charge on any atom is 0.466 e. The quantitative estimate of drug-likeness (QED) is 0.165. The number of rotatable bonds is 5. The molecule has 0 aromatic heterocycles. The number of thioether (sulfide) groups is 1. The van der Waals surface area contributed by atoms with Crippen molar-refractivity contribution in [3.05, 3.63) is 0 Å². The van der Waals surface area contributed by atoms with Gasteiger partial charge in [0.15, 0.2) is 0 Å². The highest BCUT2D eigenvalue weighted by Crippen LogP contribution is 2.31. The molecule has 1 aliphatic rings. The van der Waals surface area contributed by atoms with Gasteiger partial charge in [-0.25, -0.2) is 4.28 Å². The van der Waals surface area contributed by atoms with Crippen molar-refractivity contribution in [1.29, 1.82) is 0 Å². The molecule has 1 heterocycles. The second-order valence-corrected chi connectivity index (χ2v) is 7.02. The molecule has 22 heavy (non-hydrogen) atoms. The summed E-state index contributed by atoms with van der Waals surface area (Å²) in [5, 5.41) is 41.6. The smallest absolute Gasteiger partial charge is 0.394 e. The van der Waals surface area contributed by atoms with Crippen molar-refractivity contribution in [2.24, 2.45) is 11.1 Å². The summed E-state index contributed by atoms with van der Waals surface area (Å²) in [6.45, 7) is 2.70. The molecule has 0 aliphatic carbocycles. The summed E-state index contributed by atoms with van der Waals surface area (Å²) in [5.74, 6) is -0.348. The molecule has 1 saturated heterocycles. The van der Waals surface area contributed by atoms with Crippen LogP contribution in [0.5, 0.6) is 0 Å². The number of hydrogen-bond donors (Lipinski definition) is 5. The minimum atomic E-state index is -4.78. The van der Waals surface area contributed by atoms with E-state index in [0.717, 1.165) is 11.8 Å². The molecule has 5 atom stereocenters. The van der Waals surface area contributed by atoms with Crippen molar-refractivity contribution >= 4 is 27.2 Å². The Labute approximate surface area is 131 Å². The number of oxime groups is 1. The van der Waals surface area contributed by atoms with Crippen LogP contribution >= 0.6 is 11.8 Å². The minimum Gasteiger partial charge on any atom is -0.394 e. The van der Waals surface area contributed by atoms with Crippen LogP contribution in [0.4, 0.5) is 0 Å². The van der Waals surface area contributed by atoms with Crippen molar-refractivity contribution in [1.82, 2.24) is 0 Å². The van der Waals surface area contributed by atoms with Crippen molar-refractivity contribution in [3.63, 3.8) is 0 Å². The van der Waals surface area contributed by atoms with E-state index in [9.17, 15) is 23.7 Å². The van der Waals surface area contributed by atoms with Gasteiger partial charge in [-0.15, -0.1) is 0 Å². The van der Waals surface area contributed by atoms with Crippen LogP contribution in [0.3, 0.4) is 0 Å². The van der Waals surface area contributed by atoms with E-state index in [4.69, 9.17) is 14.4 Å². The average Bonchev–Trinajstić information content (AvgIpc) is 2.41. The second kappa shape index (κ2) is 7.88. The Morgan fingerprint density at radius 2 is 1.86 bits per heavy atom. The van der Waals surface area contributed by atoms with Crippen LogP contribution in [-0.2, 0) is 19.4 Å². The maximum absolute atomic E-state index is 10.5. The molecule has 1 aliphatic heterocycles. The maximum atomic E-state index is 10.5. The van der Waals surface area contributed by atoms with Gasteiger partial charge in [0.25, 0.3) is 0 Å². The molecule has 0 aromatic carbocycles. The molecule has 130 valence electrons. The van der Waals surface area contributed by atoms with Gasteiger partial charge < -0.3 is 25.2 Å². The molecule has 5 N–H and O–H groups in total. The van der Waals surface area contributed by atoms with E-state index >= 15 is 0 Å². The summed E-state index contributed by atoms with van der Waals surface area (Å²) in [6, 6.07) is 0. The first-order valence-corrected chi connectivity index (χ1v) is 8.52. The van der Waals surface area contributed by atoms with E-state index in [-0.39, 0.29) is 11.0 Å². The molecular formula is C10H19NO9S2. The molecule has 12 heteroatoms. The SMILES string of the molecule is CC(C)C(=NOS(=O)(=O)O)S[C@@H]1O[C@H](CO)[C@@H](O)[C@H](O)[C@H]1O. The predicted octanol–water partition coefficient (Wildman–Crippen LogP) is -1.69. The van der Waals surface area contributed by atoms with Crippen molar-refractivity contribution in [2.75, 3.05) is 6.61 Å². The van der Waals surface area contributed by atoms with E-state index in [1.807, 2.05) is 0 Å². The van der Waals surface area contributed by atoms with E-state index in [1.165, 1.54) is 0 Å². The van der Waals surface area contributed by atoms with Crippen molar-refractivity contribution in [2.45, 2.75) is 43.7 Å². The standard InChI is InChI=1S/C10H19NO9S2/c1-4(2)9(11-20-22(16,17)18)21-10-8(15)7(14)6(13)5(3-12)19-10/h4-8,10,12-15H,3H2,1-2H3,(H,16,17,18)/t5-,6-,7+,8-,10+/m1/s1. The Kier molecular flexibility index (Phi) is 7.01. The van der Waals surface area contributed by atoms with E-state index in [1.54, 1.807) is 13.8 Å². The number of hydrogen-bond acceptors (Lipinski definition) is 10. The van der Waals surface area contributed by atoms with Crippen molar-refractivity contribution in [3.8, 4) is 0 Å². The van der Waals surface area contributed by atoms with Crippen LogP contribution in [0.1, 0.15) is 13.8 Å². The summed E-state index contributed by atoms with van der Waals surface area (Å²) in [6.07, 6.45) is -5.64. The first-order chi connectivity index (χ1) is 10.1. The normalized spacial score (nSPS) is 34.0. The number of aliphatic hydroxyl groups excluding tert-OH is 4. The highest BCUT2D eigenvalue weighted by Gasteiger charge is 2.44. The van der Waals surface area contributed by atoms with Crippen LogP contribution < -0.4 is 0 Å². The lowest BCUT2D eigenvalue weighted by Crippen LogP contribution is -2.57. The zero-order valence-corrected chi connectivity index (χ0v) is 13.4. The lowest BCUT2D eigenvalue weighted by atomic mass is 10.0. The molecular weight excluding hydrogens is 342 g/mol. The summed E-state index contributed by atoms with van der Waals surface area (Å²) in [5.41, 5.74) is -1.12. The fourth-order valence-electron chi connectivity index (χ4n) is 1.63. The van der Waals surface area contributed by atoms with Gasteiger partial charge in [0, 0.05) is 5.92 Å². The van der Waals surface area contributed by atoms with Crippen LogP contribution in [0, 0.1) is 5.92 Å². The highest BCUT2D eigenvalue weighted by molar-refractivity contribution is 8.14. The third-order valence-electron chi connectivity index (χ3n) is 2.80. The van der Waals surface area contributed by atoms with E-state index in [2.05, 4.69) is 9.44 Å². The van der Waals surface area contributed by atoms with Crippen LogP contribution in [-0.4, -0.2) is 74.9 Å². The molecule has 0 saturated carbocycles.